The number of halogens is 1. The van der Waals surface area contributed by atoms with Gasteiger partial charge in [0.05, 0.1) is 6.54 Å². The number of aliphatic carboxylic acids is 1. The highest BCUT2D eigenvalue weighted by atomic mass is 19.1. The van der Waals surface area contributed by atoms with Crippen molar-refractivity contribution in [2.24, 2.45) is 10.7 Å². The molecule has 0 radical (unpaired) electrons. The van der Waals surface area contributed by atoms with Crippen LogP contribution < -0.4 is 5.73 Å². The van der Waals surface area contributed by atoms with Crippen molar-refractivity contribution < 1.29 is 18.8 Å². The fraction of sp³-hybridized carbons (Fsp3) is 0.227. The number of aromatic nitrogens is 1. The van der Waals surface area contributed by atoms with Crippen molar-refractivity contribution in [1.82, 2.24) is 10.1 Å². The fourth-order valence-corrected chi connectivity index (χ4v) is 2.95. The van der Waals surface area contributed by atoms with Crippen molar-refractivity contribution >= 4 is 11.9 Å². The van der Waals surface area contributed by atoms with E-state index in [0.29, 0.717) is 29.9 Å². The molecule has 8 heteroatoms. The van der Waals surface area contributed by atoms with Crippen LogP contribution in [0.4, 0.5) is 4.39 Å². The van der Waals surface area contributed by atoms with Gasteiger partial charge in [-0.15, -0.1) is 0 Å². The average Bonchev–Trinajstić information content (AvgIpc) is 3.18. The molecule has 0 saturated heterocycles. The third kappa shape index (κ3) is 5.66. The lowest BCUT2D eigenvalue weighted by molar-refractivity contribution is -0.137. The van der Waals surface area contributed by atoms with Crippen LogP contribution in [0.2, 0.25) is 0 Å². The van der Waals surface area contributed by atoms with Crippen LogP contribution in [0.5, 0.6) is 0 Å². The zero-order valence-electron chi connectivity index (χ0n) is 16.6. The van der Waals surface area contributed by atoms with Crippen LogP contribution in [0.25, 0.3) is 11.1 Å². The summed E-state index contributed by atoms with van der Waals surface area (Å²) in [4.78, 5) is 16.1. The number of benzene rings is 2. The van der Waals surface area contributed by atoms with E-state index in [1.807, 2.05) is 36.4 Å². The van der Waals surface area contributed by atoms with E-state index in [1.165, 1.54) is 4.90 Å². The predicted molar refractivity (Wildman–Crippen MR) is 111 cm³/mol. The SMILES string of the molecule is CN(CC(=O)O)C(N)=NCc1cc(CCc2ccc(-c3ccccc3)c(F)c2)on1. The van der Waals surface area contributed by atoms with Gasteiger partial charge in [0.15, 0.2) is 5.96 Å². The largest absolute Gasteiger partial charge is 0.480 e. The molecule has 0 bridgehead atoms. The normalized spacial score (nSPS) is 11.5. The quantitative estimate of drug-likeness (QED) is 0.437. The number of carboxylic acid groups (broad SMARTS) is 1. The zero-order valence-corrected chi connectivity index (χ0v) is 16.6. The third-order valence-corrected chi connectivity index (χ3v) is 4.55. The molecule has 30 heavy (non-hydrogen) atoms. The third-order valence-electron chi connectivity index (χ3n) is 4.55. The highest BCUT2D eigenvalue weighted by Crippen LogP contribution is 2.24. The van der Waals surface area contributed by atoms with E-state index >= 15 is 0 Å². The molecule has 0 amide bonds. The first-order valence-electron chi connectivity index (χ1n) is 9.43. The topological polar surface area (TPSA) is 105 Å². The molecule has 2 aromatic carbocycles. The molecule has 3 N–H and O–H groups in total. The first kappa shape index (κ1) is 21.0. The molecule has 3 aromatic rings. The second-order valence-corrected chi connectivity index (χ2v) is 6.89. The predicted octanol–water partition coefficient (Wildman–Crippen LogP) is 3.10. The van der Waals surface area contributed by atoms with Gasteiger partial charge in [0.1, 0.15) is 23.8 Å². The Hall–Kier alpha value is -3.68. The number of carbonyl (C=O) groups is 1. The molecule has 156 valence electrons. The number of hydrogen-bond donors (Lipinski definition) is 2. The van der Waals surface area contributed by atoms with Crippen LogP contribution in [0.15, 0.2) is 64.1 Å². The van der Waals surface area contributed by atoms with Gasteiger partial charge in [-0.1, -0.05) is 47.6 Å². The molecule has 0 atom stereocenters. The van der Waals surface area contributed by atoms with Crippen LogP contribution in [0.1, 0.15) is 17.0 Å². The molecular formula is C22H23FN4O3. The summed E-state index contributed by atoms with van der Waals surface area (Å²) >= 11 is 0. The first-order chi connectivity index (χ1) is 14.4. The molecule has 3 rings (SSSR count). The van der Waals surface area contributed by atoms with Crippen LogP contribution in [-0.4, -0.2) is 40.7 Å². The number of aliphatic imine (C=N–C) groups is 1. The number of rotatable bonds is 8. The number of nitrogens with zero attached hydrogens (tertiary/aromatic N) is 3. The second kappa shape index (κ2) is 9.69. The van der Waals surface area contributed by atoms with Gasteiger partial charge < -0.3 is 20.3 Å². The van der Waals surface area contributed by atoms with Gasteiger partial charge >= 0.3 is 5.97 Å². The zero-order chi connectivity index (χ0) is 21.5. The molecule has 0 spiro atoms. The maximum atomic E-state index is 14.5. The van der Waals surface area contributed by atoms with Gasteiger partial charge in [-0.3, -0.25) is 4.79 Å². The van der Waals surface area contributed by atoms with E-state index in [2.05, 4.69) is 10.1 Å². The number of guanidine groups is 1. The Morgan fingerprint density at radius 2 is 1.97 bits per heavy atom. The van der Waals surface area contributed by atoms with E-state index in [0.717, 1.165) is 11.1 Å². The summed E-state index contributed by atoms with van der Waals surface area (Å²) < 4.78 is 19.8. The van der Waals surface area contributed by atoms with Crippen LogP contribution in [0.3, 0.4) is 0 Å². The lowest BCUT2D eigenvalue weighted by Gasteiger charge is -2.14. The molecule has 0 aliphatic rings. The Morgan fingerprint density at radius 3 is 2.67 bits per heavy atom. The molecule has 0 saturated carbocycles. The van der Waals surface area contributed by atoms with Gasteiger partial charge in [-0.05, 0) is 23.6 Å². The second-order valence-electron chi connectivity index (χ2n) is 6.89. The van der Waals surface area contributed by atoms with E-state index in [-0.39, 0.29) is 24.9 Å². The number of carboxylic acids is 1. The van der Waals surface area contributed by atoms with Gasteiger partial charge in [0.2, 0.25) is 0 Å². The minimum atomic E-state index is -0.993. The molecule has 0 fully saturated rings. The minimum absolute atomic E-state index is 0.107. The standard InChI is InChI=1S/C22H23FN4O3/c1-27(14-21(28)29)22(24)25-13-17-12-18(30-26-17)9-7-15-8-10-19(20(23)11-15)16-5-3-2-4-6-16/h2-6,8,10-12H,7,9,13-14H2,1H3,(H2,24,25)(H,28,29). The Balaban J connectivity index is 1.56. The summed E-state index contributed by atoms with van der Waals surface area (Å²) in [6.07, 6.45) is 1.17. The van der Waals surface area contributed by atoms with E-state index in [9.17, 15) is 9.18 Å². The van der Waals surface area contributed by atoms with E-state index < -0.39 is 5.97 Å². The average molecular weight is 410 g/mol. The number of hydrogen-bond acceptors (Lipinski definition) is 4. The van der Waals surface area contributed by atoms with Gasteiger partial charge in [-0.25, -0.2) is 9.38 Å². The monoisotopic (exact) mass is 410 g/mol. The van der Waals surface area contributed by atoms with Crippen molar-refractivity contribution in [1.29, 1.82) is 0 Å². The van der Waals surface area contributed by atoms with Gasteiger partial charge in [-0.2, -0.15) is 0 Å². The van der Waals surface area contributed by atoms with Gasteiger partial charge in [0, 0.05) is 25.1 Å². The summed E-state index contributed by atoms with van der Waals surface area (Å²) in [6, 6.07) is 16.4. The summed E-state index contributed by atoms with van der Waals surface area (Å²) in [5.41, 5.74) is 8.61. The molecule has 0 aliphatic carbocycles. The van der Waals surface area contributed by atoms with E-state index in [4.69, 9.17) is 15.4 Å². The Kier molecular flexibility index (Phi) is 6.79. The molecular weight excluding hydrogens is 387 g/mol. The van der Waals surface area contributed by atoms with Crippen molar-refractivity contribution in [2.75, 3.05) is 13.6 Å². The summed E-state index contributed by atoms with van der Waals surface area (Å²) in [5, 5.41) is 12.7. The fourth-order valence-electron chi connectivity index (χ4n) is 2.95. The maximum Gasteiger partial charge on any atom is 0.323 e. The lowest BCUT2D eigenvalue weighted by atomic mass is 10.0. The lowest BCUT2D eigenvalue weighted by Crippen LogP contribution is -2.37. The molecule has 7 nitrogen and oxygen atoms in total. The smallest absolute Gasteiger partial charge is 0.323 e. The van der Waals surface area contributed by atoms with Crippen molar-refractivity contribution in [2.45, 2.75) is 19.4 Å². The molecule has 1 aromatic heterocycles. The minimum Gasteiger partial charge on any atom is -0.480 e. The number of aryl methyl sites for hydroxylation is 2. The van der Waals surface area contributed by atoms with Crippen LogP contribution >= 0.6 is 0 Å². The highest BCUT2D eigenvalue weighted by Gasteiger charge is 2.10. The number of nitrogens with two attached hydrogens (primary N) is 1. The van der Waals surface area contributed by atoms with Crippen molar-refractivity contribution in [3.8, 4) is 11.1 Å². The van der Waals surface area contributed by atoms with Gasteiger partial charge in [0.25, 0.3) is 0 Å². The Bertz CT molecular complexity index is 1030. The number of likely N-dealkylation sites (N-methyl/N-ethyl adjacent to an activating group) is 1. The van der Waals surface area contributed by atoms with Crippen LogP contribution in [0, 0.1) is 5.82 Å². The molecule has 0 aliphatic heterocycles. The Morgan fingerprint density at radius 1 is 1.20 bits per heavy atom. The summed E-state index contributed by atoms with van der Waals surface area (Å²) in [6.45, 7) is -0.0568. The highest BCUT2D eigenvalue weighted by molar-refractivity contribution is 5.82. The van der Waals surface area contributed by atoms with Crippen molar-refractivity contribution in [3.63, 3.8) is 0 Å². The summed E-state index contributed by atoms with van der Waals surface area (Å²) in [7, 11) is 1.55. The first-order valence-corrected chi connectivity index (χ1v) is 9.43. The maximum absolute atomic E-state index is 14.5. The van der Waals surface area contributed by atoms with E-state index in [1.54, 1.807) is 25.2 Å². The molecule has 1 heterocycles. The summed E-state index contributed by atoms with van der Waals surface area (Å²) in [5.74, 6) is -0.485. The Labute approximate surface area is 173 Å². The van der Waals surface area contributed by atoms with Crippen molar-refractivity contribution in [3.05, 3.63) is 77.4 Å². The molecule has 0 unspecified atom stereocenters. The van der Waals surface area contributed by atoms with Crippen LogP contribution in [-0.2, 0) is 24.2 Å².